The van der Waals surface area contributed by atoms with Crippen LogP contribution in [0.4, 0.5) is 11.6 Å². The summed E-state index contributed by atoms with van der Waals surface area (Å²) in [6, 6.07) is 2.78. The van der Waals surface area contributed by atoms with Crippen molar-refractivity contribution >= 4 is 11.6 Å². The second-order valence-corrected chi connectivity index (χ2v) is 5.65. The van der Waals surface area contributed by atoms with E-state index in [-0.39, 0.29) is 0 Å². The van der Waals surface area contributed by atoms with E-state index in [2.05, 4.69) is 42.0 Å². The first-order chi connectivity index (χ1) is 9.15. The van der Waals surface area contributed by atoms with Gasteiger partial charge in [-0.05, 0) is 19.3 Å². The molecule has 1 aliphatic carbocycles. The minimum atomic E-state index is 0.360. The zero-order chi connectivity index (χ0) is 13.8. The first-order valence-corrected chi connectivity index (χ1v) is 7.49. The predicted molar refractivity (Wildman–Crippen MR) is 80.9 cm³/mol. The Balaban J connectivity index is 2.26. The Kier molecular flexibility index (Phi) is 4.61. The minimum absolute atomic E-state index is 0.360. The van der Waals surface area contributed by atoms with Crippen molar-refractivity contribution < 1.29 is 0 Å². The maximum atomic E-state index is 4.77. The molecule has 0 radical (unpaired) electrons. The summed E-state index contributed by atoms with van der Waals surface area (Å²) in [7, 11) is 1.92. The minimum Gasteiger partial charge on any atom is -0.373 e. The number of anilines is 2. The largest absolute Gasteiger partial charge is 0.373 e. The number of rotatable bonds is 7. The first kappa shape index (κ1) is 14.1. The van der Waals surface area contributed by atoms with Gasteiger partial charge in [0.1, 0.15) is 17.5 Å². The average molecular weight is 262 g/mol. The molecule has 0 spiro atoms. The van der Waals surface area contributed by atoms with Crippen molar-refractivity contribution in [2.45, 2.75) is 58.4 Å². The molecule has 0 bridgehead atoms. The Morgan fingerprint density at radius 2 is 2.11 bits per heavy atom. The number of hydrogen-bond donors (Lipinski definition) is 1. The van der Waals surface area contributed by atoms with E-state index < -0.39 is 0 Å². The molecule has 0 aliphatic heterocycles. The van der Waals surface area contributed by atoms with Gasteiger partial charge in [0.25, 0.3) is 0 Å². The molecule has 0 aromatic carbocycles. The monoisotopic (exact) mass is 262 g/mol. The van der Waals surface area contributed by atoms with Crippen LogP contribution in [0, 0.1) is 0 Å². The van der Waals surface area contributed by atoms with Gasteiger partial charge in [0, 0.05) is 31.6 Å². The number of nitrogens with one attached hydrogen (secondary N) is 1. The average Bonchev–Trinajstić information content (AvgIpc) is 3.23. The van der Waals surface area contributed by atoms with Crippen molar-refractivity contribution in [3.05, 3.63) is 11.9 Å². The Morgan fingerprint density at radius 1 is 1.37 bits per heavy atom. The van der Waals surface area contributed by atoms with E-state index in [1.165, 1.54) is 25.7 Å². The van der Waals surface area contributed by atoms with Crippen molar-refractivity contribution in [2.75, 3.05) is 23.8 Å². The highest BCUT2D eigenvalue weighted by Crippen LogP contribution is 2.32. The van der Waals surface area contributed by atoms with Crippen LogP contribution in [0.15, 0.2) is 6.07 Å². The van der Waals surface area contributed by atoms with Crippen molar-refractivity contribution in [3.63, 3.8) is 0 Å². The Morgan fingerprint density at radius 3 is 2.63 bits per heavy atom. The molecule has 106 valence electrons. The van der Waals surface area contributed by atoms with Gasteiger partial charge in [-0.25, -0.2) is 9.97 Å². The highest BCUT2D eigenvalue weighted by Gasteiger charge is 2.30. The number of hydrogen-bond acceptors (Lipinski definition) is 4. The zero-order valence-corrected chi connectivity index (χ0v) is 12.6. The van der Waals surface area contributed by atoms with Crippen molar-refractivity contribution in [3.8, 4) is 0 Å². The van der Waals surface area contributed by atoms with Gasteiger partial charge in [-0.3, -0.25) is 0 Å². The predicted octanol–water partition coefficient (Wildman–Crippen LogP) is 3.41. The number of aromatic nitrogens is 2. The van der Waals surface area contributed by atoms with Gasteiger partial charge in [0.15, 0.2) is 0 Å². The Hall–Kier alpha value is -1.32. The SMILES string of the molecule is CCCCN(c1cc(NC)nc(C(C)C)n1)C1CC1. The fraction of sp³-hybridized carbons (Fsp3) is 0.733. The molecule has 1 aromatic heterocycles. The third-order valence-corrected chi connectivity index (χ3v) is 3.54. The van der Waals surface area contributed by atoms with Gasteiger partial charge in [-0.1, -0.05) is 27.2 Å². The lowest BCUT2D eigenvalue weighted by atomic mass is 10.2. The Bertz CT molecular complexity index is 413. The maximum Gasteiger partial charge on any atom is 0.135 e. The van der Waals surface area contributed by atoms with E-state index in [1.54, 1.807) is 0 Å². The molecule has 0 amide bonds. The summed E-state index contributed by atoms with van der Waals surface area (Å²) < 4.78 is 0. The van der Waals surface area contributed by atoms with Gasteiger partial charge in [0.05, 0.1) is 0 Å². The van der Waals surface area contributed by atoms with E-state index in [0.29, 0.717) is 12.0 Å². The van der Waals surface area contributed by atoms with Crippen LogP contribution in [0.3, 0.4) is 0 Å². The third-order valence-electron chi connectivity index (χ3n) is 3.54. The van der Waals surface area contributed by atoms with Crippen LogP contribution < -0.4 is 10.2 Å². The molecular formula is C15H26N4. The van der Waals surface area contributed by atoms with Crippen LogP contribution in [0.25, 0.3) is 0 Å². The molecule has 4 heteroatoms. The van der Waals surface area contributed by atoms with Crippen LogP contribution in [0.5, 0.6) is 0 Å². The van der Waals surface area contributed by atoms with Crippen LogP contribution >= 0.6 is 0 Å². The summed E-state index contributed by atoms with van der Waals surface area (Å²) >= 11 is 0. The summed E-state index contributed by atoms with van der Waals surface area (Å²) in [6.07, 6.45) is 5.07. The molecule has 0 unspecified atom stereocenters. The van der Waals surface area contributed by atoms with Crippen molar-refractivity contribution in [2.24, 2.45) is 0 Å². The molecule has 0 saturated heterocycles. The normalized spacial score (nSPS) is 14.8. The van der Waals surface area contributed by atoms with Crippen LogP contribution in [0.2, 0.25) is 0 Å². The molecule has 1 fully saturated rings. The van der Waals surface area contributed by atoms with Gasteiger partial charge < -0.3 is 10.2 Å². The lowest BCUT2D eigenvalue weighted by Crippen LogP contribution is -2.28. The summed E-state index contributed by atoms with van der Waals surface area (Å²) in [5.41, 5.74) is 0. The smallest absolute Gasteiger partial charge is 0.135 e. The van der Waals surface area contributed by atoms with Crippen molar-refractivity contribution in [1.82, 2.24) is 9.97 Å². The summed E-state index contributed by atoms with van der Waals surface area (Å²) in [5, 5.41) is 3.16. The van der Waals surface area contributed by atoms with Gasteiger partial charge in [0.2, 0.25) is 0 Å². The molecule has 1 heterocycles. The fourth-order valence-electron chi connectivity index (χ4n) is 2.18. The lowest BCUT2D eigenvalue weighted by Gasteiger charge is -2.24. The maximum absolute atomic E-state index is 4.77. The molecule has 4 nitrogen and oxygen atoms in total. The molecule has 2 rings (SSSR count). The number of unbranched alkanes of at least 4 members (excludes halogenated alkanes) is 1. The molecule has 1 aromatic rings. The molecular weight excluding hydrogens is 236 g/mol. The van der Waals surface area contributed by atoms with E-state index in [0.717, 1.165) is 24.0 Å². The Labute approximate surface area is 116 Å². The topological polar surface area (TPSA) is 41.0 Å². The highest BCUT2D eigenvalue weighted by atomic mass is 15.2. The van der Waals surface area contributed by atoms with E-state index in [9.17, 15) is 0 Å². The van der Waals surface area contributed by atoms with Gasteiger partial charge in [-0.15, -0.1) is 0 Å². The van der Waals surface area contributed by atoms with Gasteiger partial charge >= 0.3 is 0 Å². The zero-order valence-electron chi connectivity index (χ0n) is 12.6. The molecule has 1 aliphatic rings. The fourth-order valence-corrected chi connectivity index (χ4v) is 2.18. The second-order valence-electron chi connectivity index (χ2n) is 5.65. The molecule has 0 atom stereocenters. The summed E-state index contributed by atoms with van der Waals surface area (Å²) in [4.78, 5) is 11.8. The third kappa shape index (κ3) is 3.58. The second kappa shape index (κ2) is 6.22. The van der Waals surface area contributed by atoms with E-state index in [4.69, 9.17) is 4.98 Å². The summed E-state index contributed by atoms with van der Waals surface area (Å²) in [5.74, 6) is 3.32. The van der Waals surface area contributed by atoms with Crippen LogP contribution in [-0.4, -0.2) is 29.6 Å². The quantitative estimate of drug-likeness (QED) is 0.817. The van der Waals surface area contributed by atoms with Crippen molar-refractivity contribution in [1.29, 1.82) is 0 Å². The lowest BCUT2D eigenvalue weighted by molar-refractivity contribution is 0.692. The molecule has 19 heavy (non-hydrogen) atoms. The van der Waals surface area contributed by atoms with Crippen LogP contribution in [-0.2, 0) is 0 Å². The van der Waals surface area contributed by atoms with E-state index >= 15 is 0 Å². The van der Waals surface area contributed by atoms with E-state index in [1.807, 2.05) is 7.05 Å². The van der Waals surface area contributed by atoms with Crippen LogP contribution in [0.1, 0.15) is 58.2 Å². The van der Waals surface area contributed by atoms with Gasteiger partial charge in [-0.2, -0.15) is 0 Å². The standard InChI is InChI=1S/C15H26N4/c1-5-6-9-19(12-7-8-12)14-10-13(16-4)17-15(18-14)11(2)3/h10-12H,5-9H2,1-4H3,(H,16,17,18). The molecule has 1 saturated carbocycles. The first-order valence-electron chi connectivity index (χ1n) is 7.49. The summed E-state index contributed by atoms with van der Waals surface area (Å²) in [6.45, 7) is 7.64. The number of nitrogens with zero attached hydrogens (tertiary/aromatic N) is 3. The molecule has 1 N–H and O–H groups in total. The highest BCUT2D eigenvalue weighted by molar-refractivity contribution is 5.51.